The molecule has 4 rings (SSSR count). The predicted molar refractivity (Wildman–Crippen MR) is 107 cm³/mol. The second kappa shape index (κ2) is 6.84. The van der Waals surface area contributed by atoms with E-state index in [1.807, 2.05) is 42.5 Å². The molecule has 0 saturated heterocycles. The van der Waals surface area contributed by atoms with Crippen LogP contribution in [0, 0.1) is 5.92 Å². The summed E-state index contributed by atoms with van der Waals surface area (Å²) in [6, 6.07) is 27.5. The third kappa shape index (κ3) is 3.17. The molecule has 3 heteroatoms. The maximum Gasteiger partial charge on any atom is 0.228 e. The summed E-state index contributed by atoms with van der Waals surface area (Å²) in [6.45, 7) is 1.53. The van der Waals surface area contributed by atoms with Gasteiger partial charge in [-0.25, -0.2) is 0 Å². The van der Waals surface area contributed by atoms with Crippen LogP contribution >= 0.6 is 0 Å². The molecule has 0 aromatic heterocycles. The van der Waals surface area contributed by atoms with Gasteiger partial charge in [0.25, 0.3) is 0 Å². The van der Waals surface area contributed by atoms with E-state index in [1.54, 1.807) is 18.2 Å². The molecular weight excluding hydrogens is 334 g/mol. The zero-order valence-corrected chi connectivity index (χ0v) is 15.2. The van der Waals surface area contributed by atoms with Crippen molar-refractivity contribution in [3.63, 3.8) is 0 Å². The predicted octanol–water partition coefficient (Wildman–Crippen LogP) is 4.83. The van der Waals surface area contributed by atoms with E-state index in [9.17, 15) is 9.59 Å². The smallest absolute Gasteiger partial charge is 0.228 e. The number of rotatable bonds is 5. The summed E-state index contributed by atoms with van der Waals surface area (Å²) in [5.41, 5.74) is 3.29. The molecule has 1 fully saturated rings. The molecule has 0 unspecified atom stereocenters. The molecule has 3 aromatic rings. The normalized spacial score (nSPS) is 17.1. The fourth-order valence-corrected chi connectivity index (χ4v) is 3.90. The van der Waals surface area contributed by atoms with Crippen LogP contribution in [0.1, 0.15) is 34.8 Å². The summed E-state index contributed by atoms with van der Waals surface area (Å²) in [4.78, 5) is 24.6. The van der Waals surface area contributed by atoms with Crippen LogP contribution < -0.4 is 5.32 Å². The van der Waals surface area contributed by atoms with Gasteiger partial charge in [-0.2, -0.15) is 0 Å². The number of hydrogen-bond acceptors (Lipinski definition) is 2. The van der Waals surface area contributed by atoms with Crippen LogP contribution in [0.2, 0.25) is 0 Å². The summed E-state index contributed by atoms with van der Waals surface area (Å²) in [7, 11) is 0. The van der Waals surface area contributed by atoms with E-state index in [0.29, 0.717) is 11.3 Å². The molecule has 0 bridgehead atoms. The highest BCUT2D eigenvalue weighted by molar-refractivity contribution is 5.99. The van der Waals surface area contributed by atoms with Crippen molar-refractivity contribution in [3.05, 3.63) is 102 Å². The Morgan fingerprint density at radius 2 is 1.44 bits per heavy atom. The van der Waals surface area contributed by atoms with Gasteiger partial charge in [0.05, 0.1) is 5.92 Å². The second-order valence-electron chi connectivity index (χ2n) is 7.09. The number of ketones is 1. The van der Waals surface area contributed by atoms with E-state index >= 15 is 0 Å². The van der Waals surface area contributed by atoms with Crippen molar-refractivity contribution in [3.8, 4) is 0 Å². The minimum absolute atomic E-state index is 0.0107. The molecule has 0 spiro atoms. The van der Waals surface area contributed by atoms with E-state index < -0.39 is 0 Å². The van der Waals surface area contributed by atoms with Crippen LogP contribution in [0.15, 0.2) is 84.9 Å². The largest absolute Gasteiger partial charge is 0.326 e. The van der Waals surface area contributed by atoms with Gasteiger partial charge in [-0.3, -0.25) is 9.59 Å². The van der Waals surface area contributed by atoms with Crippen LogP contribution in [0.4, 0.5) is 5.69 Å². The lowest BCUT2D eigenvalue weighted by Gasteiger charge is -2.19. The van der Waals surface area contributed by atoms with Crippen molar-refractivity contribution in [1.82, 2.24) is 0 Å². The lowest BCUT2D eigenvalue weighted by molar-refractivity contribution is -0.117. The second-order valence-corrected chi connectivity index (χ2v) is 7.09. The quantitative estimate of drug-likeness (QED) is 0.666. The molecular formula is C24H21NO2. The molecule has 1 aliphatic carbocycles. The minimum atomic E-state index is -0.287. The van der Waals surface area contributed by atoms with Crippen molar-refractivity contribution < 1.29 is 9.59 Å². The molecule has 1 saturated carbocycles. The fourth-order valence-electron chi connectivity index (χ4n) is 3.90. The van der Waals surface area contributed by atoms with Gasteiger partial charge in [-0.15, -0.1) is 0 Å². The van der Waals surface area contributed by atoms with Gasteiger partial charge in [0.15, 0.2) is 5.78 Å². The highest BCUT2D eigenvalue weighted by Crippen LogP contribution is 2.59. The van der Waals surface area contributed by atoms with Gasteiger partial charge in [0.1, 0.15) is 0 Å². The first-order chi connectivity index (χ1) is 13.1. The summed E-state index contributed by atoms with van der Waals surface area (Å²) in [5.74, 6) is -0.160. The first-order valence-electron chi connectivity index (χ1n) is 9.14. The van der Waals surface area contributed by atoms with Crippen molar-refractivity contribution in [2.24, 2.45) is 5.92 Å². The molecule has 0 radical (unpaired) electrons. The molecule has 1 aliphatic rings. The average Bonchev–Trinajstić information content (AvgIpc) is 3.47. The average molecular weight is 355 g/mol. The zero-order valence-electron chi connectivity index (χ0n) is 15.2. The summed E-state index contributed by atoms with van der Waals surface area (Å²) in [5, 5.41) is 3.00. The lowest BCUT2D eigenvalue weighted by Crippen LogP contribution is -2.22. The third-order valence-corrected chi connectivity index (χ3v) is 5.39. The summed E-state index contributed by atoms with van der Waals surface area (Å²) < 4.78 is 0. The summed E-state index contributed by atoms with van der Waals surface area (Å²) in [6.07, 6.45) is 0.777. The summed E-state index contributed by atoms with van der Waals surface area (Å²) >= 11 is 0. The van der Waals surface area contributed by atoms with E-state index in [4.69, 9.17) is 0 Å². The van der Waals surface area contributed by atoms with E-state index in [0.717, 1.165) is 17.5 Å². The zero-order chi connectivity index (χ0) is 18.9. The van der Waals surface area contributed by atoms with Crippen molar-refractivity contribution >= 4 is 17.4 Å². The molecule has 1 atom stereocenters. The molecule has 3 aromatic carbocycles. The molecule has 3 nitrogen and oxygen atoms in total. The molecule has 27 heavy (non-hydrogen) atoms. The highest BCUT2D eigenvalue weighted by Gasteiger charge is 2.60. The monoisotopic (exact) mass is 355 g/mol. The van der Waals surface area contributed by atoms with Gasteiger partial charge >= 0.3 is 0 Å². The Balaban J connectivity index is 1.63. The SMILES string of the molecule is CC(=O)c1cccc(NC(=O)[C@@H]2CC2(c2ccccc2)c2ccccc2)c1. The number of anilines is 1. The minimum Gasteiger partial charge on any atom is -0.326 e. The Morgan fingerprint density at radius 3 is 2.00 bits per heavy atom. The van der Waals surface area contributed by atoms with Crippen LogP contribution in [0.5, 0.6) is 0 Å². The van der Waals surface area contributed by atoms with E-state index in [-0.39, 0.29) is 23.0 Å². The Hall–Kier alpha value is -3.20. The topological polar surface area (TPSA) is 46.2 Å². The number of benzene rings is 3. The third-order valence-electron chi connectivity index (χ3n) is 5.39. The molecule has 1 N–H and O–H groups in total. The molecule has 1 amide bonds. The van der Waals surface area contributed by atoms with Gasteiger partial charge < -0.3 is 5.32 Å². The number of amides is 1. The molecule has 134 valence electrons. The number of nitrogens with one attached hydrogen (secondary N) is 1. The molecule has 0 heterocycles. The number of Topliss-reactive ketones (excluding diaryl/α,β-unsaturated/α-hetero) is 1. The van der Waals surface area contributed by atoms with Crippen LogP contribution in [-0.4, -0.2) is 11.7 Å². The van der Waals surface area contributed by atoms with Crippen LogP contribution in [-0.2, 0) is 10.2 Å². The van der Waals surface area contributed by atoms with Gasteiger partial charge in [-0.1, -0.05) is 72.8 Å². The van der Waals surface area contributed by atoms with E-state index in [1.165, 1.54) is 6.92 Å². The highest BCUT2D eigenvalue weighted by atomic mass is 16.2. The molecule has 0 aliphatic heterocycles. The number of carbonyl (C=O) groups excluding carboxylic acids is 2. The number of carbonyl (C=O) groups is 2. The first-order valence-corrected chi connectivity index (χ1v) is 9.14. The standard InChI is InChI=1S/C24H21NO2/c1-17(26)18-9-8-14-21(15-18)25-23(27)22-16-24(22,19-10-4-2-5-11-19)20-12-6-3-7-13-20/h2-15,22H,16H2,1H3,(H,25,27)/t22-/m0/s1. The van der Waals surface area contributed by atoms with Gasteiger partial charge in [0.2, 0.25) is 5.91 Å². The lowest BCUT2D eigenvalue weighted by atomic mass is 9.85. The van der Waals surface area contributed by atoms with E-state index in [2.05, 4.69) is 29.6 Å². The van der Waals surface area contributed by atoms with Crippen molar-refractivity contribution in [2.75, 3.05) is 5.32 Å². The Kier molecular flexibility index (Phi) is 4.36. The van der Waals surface area contributed by atoms with Gasteiger partial charge in [-0.05, 0) is 36.6 Å². The van der Waals surface area contributed by atoms with Crippen LogP contribution in [0.25, 0.3) is 0 Å². The first kappa shape index (κ1) is 17.2. The number of hydrogen-bond donors (Lipinski definition) is 1. The Morgan fingerprint density at radius 1 is 0.852 bits per heavy atom. The maximum atomic E-state index is 13.0. The Bertz CT molecular complexity index is 940. The van der Waals surface area contributed by atoms with Crippen LogP contribution in [0.3, 0.4) is 0 Å². The Labute approximate surface area is 159 Å². The fraction of sp³-hybridized carbons (Fsp3) is 0.167. The van der Waals surface area contributed by atoms with Crippen molar-refractivity contribution in [1.29, 1.82) is 0 Å². The maximum absolute atomic E-state index is 13.0. The van der Waals surface area contributed by atoms with Gasteiger partial charge in [0, 0.05) is 16.7 Å². The van der Waals surface area contributed by atoms with Crippen molar-refractivity contribution in [2.45, 2.75) is 18.8 Å².